The zero-order valence-electron chi connectivity index (χ0n) is 13.1. The molecule has 4 rings (SSSR count). The maximum absolute atomic E-state index is 12.2. The number of thiazole rings is 1. The number of benzene rings is 1. The first-order valence-corrected chi connectivity index (χ1v) is 8.43. The summed E-state index contributed by atoms with van der Waals surface area (Å²) in [5, 5.41) is 4.40. The molecule has 3 N–H and O–H groups in total. The first kappa shape index (κ1) is 14.9. The lowest BCUT2D eigenvalue weighted by atomic mass is 9.93. The van der Waals surface area contributed by atoms with Crippen LogP contribution < -0.4 is 15.8 Å². The average Bonchev–Trinajstić information content (AvgIpc) is 2.90. The zero-order chi connectivity index (χ0) is 16.7. The van der Waals surface area contributed by atoms with E-state index < -0.39 is 0 Å². The summed E-state index contributed by atoms with van der Waals surface area (Å²) in [6.07, 6.45) is 0.324. The number of para-hydroxylation sites is 1. The summed E-state index contributed by atoms with van der Waals surface area (Å²) in [6.45, 7) is 0.404. The van der Waals surface area contributed by atoms with Crippen LogP contribution in [-0.2, 0) is 11.3 Å². The summed E-state index contributed by atoms with van der Waals surface area (Å²) < 4.78 is 5.51. The second kappa shape index (κ2) is 5.76. The Kier molecular flexibility index (Phi) is 3.57. The Morgan fingerprint density at radius 2 is 2.17 bits per heavy atom. The molecule has 6 nitrogen and oxygen atoms in total. The summed E-state index contributed by atoms with van der Waals surface area (Å²) in [5.41, 5.74) is 8.46. The highest BCUT2D eigenvalue weighted by molar-refractivity contribution is 7.15. The molecule has 3 aromatic rings. The van der Waals surface area contributed by atoms with Gasteiger partial charge in [0, 0.05) is 28.2 Å². The van der Waals surface area contributed by atoms with E-state index in [0.29, 0.717) is 24.0 Å². The van der Waals surface area contributed by atoms with Crippen LogP contribution in [0.5, 0.6) is 5.88 Å². The zero-order valence-corrected chi connectivity index (χ0v) is 13.9. The molecule has 3 heterocycles. The van der Waals surface area contributed by atoms with Crippen molar-refractivity contribution in [1.29, 1.82) is 0 Å². The van der Waals surface area contributed by atoms with Crippen LogP contribution in [0.3, 0.4) is 0 Å². The molecule has 0 saturated heterocycles. The highest BCUT2D eigenvalue weighted by Gasteiger charge is 2.30. The third-order valence-corrected chi connectivity index (χ3v) is 5.23. The number of nitrogen functional groups attached to an aromatic ring is 1. The molecule has 1 aromatic carbocycles. The maximum atomic E-state index is 12.2. The number of amides is 1. The van der Waals surface area contributed by atoms with Crippen molar-refractivity contribution >= 4 is 33.3 Å². The molecule has 0 radical (unpaired) electrons. The quantitative estimate of drug-likeness (QED) is 0.748. The number of ether oxygens (including phenoxy) is 1. The Morgan fingerprint density at radius 3 is 3.00 bits per heavy atom. The van der Waals surface area contributed by atoms with Gasteiger partial charge in [0.1, 0.15) is 0 Å². The Morgan fingerprint density at radius 1 is 1.33 bits per heavy atom. The number of carbonyl (C=O) groups is 1. The van der Waals surface area contributed by atoms with Gasteiger partial charge in [-0.2, -0.15) is 0 Å². The Balaban J connectivity index is 1.93. The van der Waals surface area contributed by atoms with E-state index in [9.17, 15) is 4.79 Å². The van der Waals surface area contributed by atoms with E-state index in [1.165, 1.54) is 11.3 Å². The summed E-state index contributed by atoms with van der Waals surface area (Å²) in [7, 11) is 1.60. The molecule has 0 unspecified atom stereocenters. The summed E-state index contributed by atoms with van der Waals surface area (Å²) in [6, 6.07) is 9.90. The van der Waals surface area contributed by atoms with Crippen LogP contribution in [0.15, 0.2) is 30.3 Å². The number of nitrogens with zero attached hydrogens (tertiary/aromatic N) is 2. The van der Waals surface area contributed by atoms with Crippen molar-refractivity contribution in [1.82, 2.24) is 15.3 Å². The number of hydrogen-bond donors (Lipinski definition) is 2. The van der Waals surface area contributed by atoms with Crippen LogP contribution in [0.25, 0.3) is 10.9 Å². The van der Waals surface area contributed by atoms with Crippen molar-refractivity contribution in [3.05, 3.63) is 46.5 Å². The topological polar surface area (TPSA) is 90.1 Å². The van der Waals surface area contributed by atoms with Crippen LogP contribution >= 0.6 is 11.3 Å². The monoisotopic (exact) mass is 340 g/mol. The van der Waals surface area contributed by atoms with E-state index in [-0.39, 0.29) is 11.8 Å². The predicted molar refractivity (Wildman–Crippen MR) is 93.1 cm³/mol. The third kappa shape index (κ3) is 2.46. The largest absolute Gasteiger partial charge is 0.481 e. The van der Waals surface area contributed by atoms with Gasteiger partial charge in [-0.25, -0.2) is 9.97 Å². The van der Waals surface area contributed by atoms with Gasteiger partial charge in [-0.3, -0.25) is 4.79 Å². The minimum absolute atomic E-state index is 0.0148. The van der Waals surface area contributed by atoms with Gasteiger partial charge in [-0.05, 0) is 12.1 Å². The van der Waals surface area contributed by atoms with Crippen LogP contribution in [0, 0.1) is 0 Å². The number of hydrogen-bond acceptors (Lipinski definition) is 6. The lowest BCUT2D eigenvalue weighted by Crippen LogP contribution is -2.21. The van der Waals surface area contributed by atoms with Crippen LogP contribution in [0.4, 0.5) is 5.13 Å². The lowest BCUT2D eigenvalue weighted by molar-refractivity contribution is -0.121. The minimum atomic E-state index is -0.163. The first-order chi connectivity index (χ1) is 11.7. The molecule has 1 aliphatic rings. The van der Waals surface area contributed by atoms with Crippen molar-refractivity contribution in [3.8, 4) is 5.88 Å². The first-order valence-electron chi connectivity index (χ1n) is 7.61. The van der Waals surface area contributed by atoms with Crippen LogP contribution in [-0.4, -0.2) is 23.0 Å². The summed E-state index contributed by atoms with van der Waals surface area (Å²) in [5.74, 6) is 0.356. The van der Waals surface area contributed by atoms with Crippen LogP contribution in [0.1, 0.15) is 28.5 Å². The molecule has 0 bridgehead atoms. The normalized spacial score (nSPS) is 17.2. The number of aromatic nitrogens is 2. The van der Waals surface area contributed by atoms with Gasteiger partial charge in [-0.15, -0.1) is 11.3 Å². The molecular weight excluding hydrogens is 324 g/mol. The number of fused-ring (bicyclic) bond motifs is 2. The molecule has 2 aromatic heterocycles. The standard InChI is InChI=1S/C17H16N4O2S/c1-23-16-11(6-9-4-2-3-5-12(9)20-16)10-7-14(22)19-8-13-15(10)24-17(18)21-13/h2-6,10H,7-8H2,1H3,(H2,18,21)(H,19,22)/t10-/m1/s1. The number of anilines is 1. The van der Waals surface area contributed by atoms with Crippen molar-refractivity contribution < 1.29 is 9.53 Å². The van der Waals surface area contributed by atoms with Crippen molar-refractivity contribution in [2.45, 2.75) is 18.9 Å². The highest BCUT2D eigenvalue weighted by atomic mass is 32.1. The van der Waals surface area contributed by atoms with Crippen molar-refractivity contribution in [2.24, 2.45) is 0 Å². The number of nitrogens with two attached hydrogens (primary N) is 1. The van der Waals surface area contributed by atoms with Gasteiger partial charge < -0.3 is 15.8 Å². The van der Waals surface area contributed by atoms with Crippen LogP contribution in [0.2, 0.25) is 0 Å². The molecule has 0 saturated carbocycles. The number of nitrogens with one attached hydrogen (secondary N) is 1. The molecule has 122 valence electrons. The molecule has 24 heavy (non-hydrogen) atoms. The number of pyridine rings is 1. The van der Waals surface area contributed by atoms with E-state index in [4.69, 9.17) is 10.5 Å². The predicted octanol–water partition coefficient (Wildman–Crippen LogP) is 2.43. The minimum Gasteiger partial charge on any atom is -0.481 e. The smallest absolute Gasteiger partial charge is 0.221 e. The number of methoxy groups -OCH3 is 1. The number of rotatable bonds is 2. The lowest BCUT2D eigenvalue weighted by Gasteiger charge is -2.17. The average molecular weight is 340 g/mol. The van der Waals surface area contributed by atoms with Crippen molar-refractivity contribution in [3.63, 3.8) is 0 Å². The fraction of sp³-hybridized carbons (Fsp3) is 0.235. The second-order valence-corrected chi connectivity index (χ2v) is 6.74. The highest BCUT2D eigenvalue weighted by Crippen LogP contribution is 2.41. The van der Waals surface area contributed by atoms with E-state index in [0.717, 1.165) is 27.0 Å². The molecule has 1 aliphatic heterocycles. The second-order valence-electron chi connectivity index (χ2n) is 5.68. The molecule has 1 amide bonds. The van der Waals surface area contributed by atoms with Gasteiger partial charge in [0.2, 0.25) is 11.8 Å². The molecule has 7 heteroatoms. The molecule has 0 spiro atoms. The van der Waals surface area contributed by atoms with E-state index in [1.807, 2.05) is 30.3 Å². The fourth-order valence-electron chi connectivity index (χ4n) is 3.09. The van der Waals surface area contributed by atoms with E-state index in [2.05, 4.69) is 15.3 Å². The Labute approximate surface area is 142 Å². The summed E-state index contributed by atoms with van der Waals surface area (Å²) >= 11 is 1.42. The van der Waals surface area contributed by atoms with Gasteiger partial charge in [0.25, 0.3) is 0 Å². The maximum Gasteiger partial charge on any atom is 0.221 e. The van der Waals surface area contributed by atoms with Crippen molar-refractivity contribution in [2.75, 3.05) is 12.8 Å². The third-order valence-electron chi connectivity index (χ3n) is 4.19. The van der Waals surface area contributed by atoms with Gasteiger partial charge in [0.15, 0.2) is 5.13 Å². The fourth-order valence-corrected chi connectivity index (χ4v) is 4.06. The molecule has 0 fully saturated rings. The van der Waals surface area contributed by atoms with Gasteiger partial charge in [0.05, 0.1) is 24.9 Å². The van der Waals surface area contributed by atoms with E-state index >= 15 is 0 Å². The van der Waals surface area contributed by atoms with Gasteiger partial charge in [-0.1, -0.05) is 18.2 Å². The molecular formula is C17H16N4O2S. The Hall–Kier alpha value is -2.67. The van der Waals surface area contributed by atoms with E-state index in [1.54, 1.807) is 7.11 Å². The number of carbonyl (C=O) groups excluding carboxylic acids is 1. The summed E-state index contributed by atoms with van der Waals surface area (Å²) in [4.78, 5) is 22.1. The van der Waals surface area contributed by atoms with Gasteiger partial charge >= 0.3 is 0 Å². The Bertz CT molecular complexity index is 937. The SMILES string of the molecule is COc1nc2ccccc2cc1[C@H]1CC(=O)NCc2nc(N)sc21. The molecule has 1 atom stereocenters. The molecule has 0 aliphatic carbocycles.